The quantitative estimate of drug-likeness (QED) is 0.272. The number of nitrogens with two attached hydrogens (primary N) is 1. The molecule has 0 aliphatic heterocycles. The molecule has 0 saturated carbocycles. The zero-order valence-corrected chi connectivity index (χ0v) is 12.5. The van der Waals surface area contributed by atoms with Gasteiger partial charge in [-0.1, -0.05) is 25.9 Å². The molecule has 0 saturated heterocycles. The summed E-state index contributed by atoms with van der Waals surface area (Å²) < 4.78 is 0. The summed E-state index contributed by atoms with van der Waals surface area (Å²) in [5, 5.41) is 14.7. The van der Waals surface area contributed by atoms with Crippen molar-refractivity contribution in [2.45, 2.75) is 33.6 Å². The van der Waals surface area contributed by atoms with E-state index < -0.39 is 5.41 Å². The molecule has 0 aliphatic carbocycles. The molecule has 0 heterocycles. The Morgan fingerprint density at radius 1 is 1.50 bits per heavy atom. The highest BCUT2D eigenvalue weighted by molar-refractivity contribution is 7.98. The smallest absolute Gasteiger partial charge is 0.233 e. The summed E-state index contributed by atoms with van der Waals surface area (Å²) in [6, 6.07) is 0. The van der Waals surface area contributed by atoms with Crippen LogP contribution in [0.3, 0.4) is 0 Å². The van der Waals surface area contributed by atoms with Gasteiger partial charge in [-0.3, -0.25) is 4.79 Å². The van der Waals surface area contributed by atoms with Gasteiger partial charge in [0.15, 0.2) is 5.84 Å². The van der Waals surface area contributed by atoms with Crippen LogP contribution in [0.4, 0.5) is 0 Å². The molecule has 1 unspecified atom stereocenters. The number of carbonyl (C=O) groups excluding carboxylic acids is 1. The molecule has 1 atom stereocenters. The van der Waals surface area contributed by atoms with Gasteiger partial charge in [-0.25, -0.2) is 0 Å². The summed E-state index contributed by atoms with van der Waals surface area (Å²) in [7, 11) is 0. The molecule has 0 aromatic carbocycles. The van der Waals surface area contributed by atoms with Crippen LogP contribution in [0, 0.1) is 11.3 Å². The number of thioether (sulfide) groups is 1. The van der Waals surface area contributed by atoms with E-state index in [1.54, 1.807) is 11.8 Å². The predicted octanol–water partition coefficient (Wildman–Crippen LogP) is 1.65. The van der Waals surface area contributed by atoms with E-state index in [2.05, 4.69) is 17.4 Å². The number of hydrogen-bond acceptors (Lipinski definition) is 4. The van der Waals surface area contributed by atoms with E-state index in [9.17, 15) is 4.79 Å². The predicted molar refractivity (Wildman–Crippen MR) is 77.0 cm³/mol. The van der Waals surface area contributed by atoms with Gasteiger partial charge in [-0.15, -0.1) is 0 Å². The maximum Gasteiger partial charge on any atom is 0.233 e. The van der Waals surface area contributed by atoms with E-state index in [1.807, 2.05) is 20.1 Å². The Bertz CT molecular complexity index is 291. The van der Waals surface area contributed by atoms with Crippen LogP contribution in [0.2, 0.25) is 0 Å². The van der Waals surface area contributed by atoms with Gasteiger partial charge in [0.05, 0.1) is 0 Å². The largest absolute Gasteiger partial charge is 0.409 e. The van der Waals surface area contributed by atoms with Crippen molar-refractivity contribution in [3.63, 3.8) is 0 Å². The van der Waals surface area contributed by atoms with Crippen molar-refractivity contribution in [2.75, 3.05) is 18.6 Å². The van der Waals surface area contributed by atoms with E-state index >= 15 is 0 Å². The van der Waals surface area contributed by atoms with Gasteiger partial charge in [0.25, 0.3) is 0 Å². The molecular formula is C12H25N3O2S. The maximum absolute atomic E-state index is 12.2. The third kappa shape index (κ3) is 4.08. The molecule has 0 rings (SSSR count). The molecular weight excluding hydrogens is 250 g/mol. The number of carbonyl (C=O) groups is 1. The summed E-state index contributed by atoms with van der Waals surface area (Å²) >= 11 is 1.75. The van der Waals surface area contributed by atoms with Crippen molar-refractivity contribution in [3.8, 4) is 0 Å². The summed E-state index contributed by atoms with van der Waals surface area (Å²) in [4.78, 5) is 12.2. The van der Waals surface area contributed by atoms with Crippen LogP contribution in [0.5, 0.6) is 0 Å². The molecule has 0 aromatic heterocycles. The minimum atomic E-state index is -0.895. The van der Waals surface area contributed by atoms with Gasteiger partial charge in [0, 0.05) is 6.54 Å². The Hall–Kier alpha value is -0.910. The average molecular weight is 275 g/mol. The van der Waals surface area contributed by atoms with Crippen molar-refractivity contribution >= 4 is 23.5 Å². The molecule has 0 aromatic rings. The van der Waals surface area contributed by atoms with E-state index in [1.165, 1.54) is 0 Å². The van der Waals surface area contributed by atoms with Crippen LogP contribution in [0.1, 0.15) is 33.6 Å². The molecule has 0 radical (unpaired) electrons. The van der Waals surface area contributed by atoms with Crippen LogP contribution in [-0.2, 0) is 4.79 Å². The highest BCUT2D eigenvalue weighted by Crippen LogP contribution is 2.27. The standard InChI is InChI=1S/C12H25N3O2S/c1-5-12(6-2,10(13)15-17)11(16)14-7-9(3)8-18-4/h9,17H,5-8H2,1-4H3,(H2,13,15)(H,14,16). The van der Waals surface area contributed by atoms with E-state index in [-0.39, 0.29) is 11.7 Å². The van der Waals surface area contributed by atoms with Crippen LogP contribution in [0.25, 0.3) is 0 Å². The first kappa shape index (κ1) is 17.1. The van der Waals surface area contributed by atoms with Crippen molar-refractivity contribution in [1.82, 2.24) is 5.32 Å². The molecule has 1 amide bonds. The molecule has 4 N–H and O–H groups in total. The third-order valence-corrected chi connectivity index (χ3v) is 4.20. The molecule has 6 heteroatoms. The summed E-state index contributed by atoms with van der Waals surface area (Å²) in [6.07, 6.45) is 3.07. The Labute approximate surface area is 114 Å². The molecule has 0 spiro atoms. The zero-order chi connectivity index (χ0) is 14.2. The minimum absolute atomic E-state index is 0.0116. The SMILES string of the molecule is CCC(CC)(C(=O)NCC(C)CSC)C(N)=NO. The monoisotopic (exact) mass is 275 g/mol. The fourth-order valence-electron chi connectivity index (χ4n) is 1.92. The Morgan fingerprint density at radius 3 is 2.44 bits per heavy atom. The minimum Gasteiger partial charge on any atom is -0.409 e. The van der Waals surface area contributed by atoms with Gasteiger partial charge in [0.2, 0.25) is 5.91 Å². The van der Waals surface area contributed by atoms with Crippen molar-refractivity contribution in [1.29, 1.82) is 0 Å². The van der Waals surface area contributed by atoms with Crippen LogP contribution in [0.15, 0.2) is 5.16 Å². The number of nitrogens with zero attached hydrogens (tertiary/aromatic N) is 1. The number of amidine groups is 1. The van der Waals surface area contributed by atoms with Crippen molar-refractivity contribution in [2.24, 2.45) is 22.2 Å². The van der Waals surface area contributed by atoms with Crippen molar-refractivity contribution < 1.29 is 10.0 Å². The van der Waals surface area contributed by atoms with Gasteiger partial charge < -0.3 is 16.3 Å². The van der Waals surface area contributed by atoms with Gasteiger partial charge in [-0.05, 0) is 30.8 Å². The second-order valence-electron chi connectivity index (χ2n) is 4.54. The van der Waals surface area contributed by atoms with Crippen LogP contribution < -0.4 is 11.1 Å². The topological polar surface area (TPSA) is 87.7 Å². The fourth-order valence-corrected chi connectivity index (χ4v) is 2.61. The number of oxime groups is 1. The van der Waals surface area contributed by atoms with Gasteiger partial charge in [0.1, 0.15) is 5.41 Å². The second-order valence-corrected chi connectivity index (χ2v) is 5.46. The van der Waals surface area contributed by atoms with E-state index in [0.717, 1.165) is 5.75 Å². The number of rotatable bonds is 8. The average Bonchev–Trinajstić information content (AvgIpc) is 2.38. The lowest BCUT2D eigenvalue weighted by molar-refractivity contribution is -0.128. The number of amides is 1. The molecule has 106 valence electrons. The molecule has 18 heavy (non-hydrogen) atoms. The zero-order valence-electron chi connectivity index (χ0n) is 11.7. The molecule has 0 fully saturated rings. The summed E-state index contributed by atoms with van der Waals surface area (Å²) in [5.41, 5.74) is 4.78. The van der Waals surface area contributed by atoms with Gasteiger partial charge >= 0.3 is 0 Å². The second kappa shape index (κ2) is 8.24. The van der Waals surface area contributed by atoms with Crippen molar-refractivity contribution in [3.05, 3.63) is 0 Å². The Balaban J connectivity index is 4.69. The highest BCUT2D eigenvalue weighted by atomic mass is 32.2. The first-order valence-electron chi connectivity index (χ1n) is 6.23. The van der Waals surface area contributed by atoms with E-state index in [0.29, 0.717) is 25.3 Å². The first-order chi connectivity index (χ1) is 8.48. The summed E-state index contributed by atoms with van der Waals surface area (Å²) in [5.74, 6) is 1.23. The highest BCUT2D eigenvalue weighted by Gasteiger charge is 2.39. The molecule has 0 bridgehead atoms. The van der Waals surface area contributed by atoms with Crippen LogP contribution >= 0.6 is 11.8 Å². The van der Waals surface area contributed by atoms with E-state index in [4.69, 9.17) is 10.9 Å². The third-order valence-electron chi connectivity index (χ3n) is 3.30. The fraction of sp³-hybridized carbons (Fsp3) is 0.833. The Kier molecular flexibility index (Phi) is 7.82. The van der Waals surface area contributed by atoms with Crippen LogP contribution in [-0.4, -0.2) is 35.5 Å². The maximum atomic E-state index is 12.2. The number of hydrogen-bond donors (Lipinski definition) is 3. The lowest BCUT2D eigenvalue weighted by atomic mass is 9.80. The lowest BCUT2D eigenvalue weighted by Crippen LogP contribution is -2.50. The molecule has 0 aliphatic rings. The number of nitrogens with one attached hydrogen (secondary N) is 1. The Morgan fingerprint density at radius 2 is 2.06 bits per heavy atom. The lowest BCUT2D eigenvalue weighted by Gasteiger charge is -2.29. The molecule has 5 nitrogen and oxygen atoms in total. The van der Waals surface area contributed by atoms with Gasteiger partial charge in [-0.2, -0.15) is 11.8 Å². The normalized spacial score (nSPS) is 14.3. The summed E-state index contributed by atoms with van der Waals surface area (Å²) in [6.45, 7) is 6.43. The first-order valence-corrected chi connectivity index (χ1v) is 7.63.